The second-order valence-corrected chi connectivity index (χ2v) is 6.66. The van der Waals surface area contributed by atoms with Gasteiger partial charge >= 0.3 is 0 Å². The summed E-state index contributed by atoms with van der Waals surface area (Å²) in [4.78, 5) is 14.3. The van der Waals surface area contributed by atoms with Crippen LogP contribution < -0.4 is 11.1 Å². The Morgan fingerprint density at radius 2 is 2.35 bits per heavy atom. The molecule has 5 heteroatoms. The lowest BCUT2D eigenvalue weighted by atomic mass is 9.91. The van der Waals surface area contributed by atoms with E-state index in [9.17, 15) is 4.79 Å². The summed E-state index contributed by atoms with van der Waals surface area (Å²) in [6.45, 7) is 4.46. The Morgan fingerprint density at radius 1 is 1.55 bits per heavy atom. The van der Waals surface area contributed by atoms with Crippen LogP contribution in [-0.2, 0) is 4.79 Å². The third-order valence-electron chi connectivity index (χ3n) is 3.88. The van der Waals surface area contributed by atoms with E-state index in [1.807, 2.05) is 24.3 Å². The molecule has 1 aliphatic rings. The number of anilines is 1. The third kappa shape index (κ3) is 4.43. The number of likely N-dealkylation sites (tertiary alicyclic amines) is 1. The van der Waals surface area contributed by atoms with E-state index in [0.717, 1.165) is 35.2 Å². The predicted molar refractivity (Wildman–Crippen MR) is 90.6 cm³/mol. The number of hydrogen-bond acceptors (Lipinski definition) is 3. The van der Waals surface area contributed by atoms with E-state index >= 15 is 0 Å². The van der Waals surface area contributed by atoms with Gasteiger partial charge in [0.15, 0.2) is 0 Å². The molecule has 1 aromatic rings. The number of hydrogen-bond donors (Lipinski definition) is 2. The molecule has 0 saturated carbocycles. The summed E-state index contributed by atoms with van der Waals surface area (Å²) >= 11 is 2.24. The minimum Gasteiger partial charge on any atom is -0.327 e. The Kier molecular flexibility index (Phi) is 5.80. The van der Waals surface area contributed by atoms with Crippen LogP contribution in [0.4, 0.5) is 5.69 Å². The molecule has 0 radical (unpaired) electrons. The van der Waals surface area contributed by atoms with Crippen LogP contribution in [0, 0.1) is 9.49 Å². The number of rotatable bonds is 4. The van der Waals surface area contributed by atoms with Gasteiger partial charge in [0.25, 0.3) is 0 Å². The predicted octanol–water partition coefficient (Wildman–Crippen LogP) is 2.29. The highest BCUT2D eigenvalue weighted by atomic mass is 127. The second-order valence-electron chi connectivity index (χ2n) is 5.41. The van der Waals surface area contributed by atoms with Crippen LogP contribution in [0.15, 0.2) is 24.3 Å². The van der Waals surface area contributed by atoms with Crippen molar-refractivity contribution in [2.75, 3.05) is 25.0 Å². The quantitative estimate of drug-likeness (QED) is 0.780. The first kappa shape index (κ1) is 15.7. The van der Waals surface area contributed by atoms with Crippen LogP contribution in [0.2, 0.25) is 0 Å². The van der Waals surface area contributed by atoms with Crippen LogP contribution in [0.25, 0.3) is 0 Å². The van der Waals surface area contributed by atoms with Crippen molar-refractivity contribution in [2.24, 2.45) is 11.7 Å². The van der Waals surface area contributed by atoms with E-state index < -0.39 is 0 Å². The first-order chi connectivity index (χ1) is 9.58. The number of nitrogens with two attached hydrogens (primary N) is 1. The fourth-order valence-electron chi connectivity index (χ4n) is 2.67. The Balaban J connectivity index is 1.85. The van der Waals surface area contributed by atoms with Crippen LogP contribution >= 0.6 is 22.6 Å². The van der Waals surface area contributed by atoms with Crippen molar-refractivity contribution in [3.63, 3.8) is 0 Å². The largest absolute Gasteiger partial charge is 0.327 e. The molecule has 1 aliphatic heterocycles. The van der Waals surface area contributed by atoms with Gasteiger partial charge in [-0.05, 0) is 53.1 Å². The number of halogens is 1. The van der Waals surface area contributed by atoms with E-state index in [2.05, 4.69) is 39.7 Å². The van der Waals surface area contributed by atoms with Crippen molar-refractivity contribution in [1.82, 2.24) is 4.90 Å². The first-order valence-corrected chi connectivity index (χ1v) is 8.19. The lowest BCUT2D eigenvalue weighted by Gasteiger charge is -2.36. The smallest absolute Gasteiger partial charge is 0.238 e. The van der Waals surface area contributed by atoms with Crippen molar-refractivity contribution in [3.8, 4) is 0 Å². The molecule has 1 aromatic carbocycles. The maximum absolute atomic E-state index is 12.1. The third-order valence-corrected chi connectivity index (χ3v) is 4.55. The van der Waals surface area contributed by atoms with Gasteiger partial charge in [-0.15, -0.1) is 0 Å². The summed E-state index contributed by atoms with van der Waals surface area (Å²) < 4.78 is 1.12. The molecule has 0 bridgehead atoms. The van der Waals surface area contributed by atoms with E-state index in [0.29, 0.717) is 12.5 Å². The Hall–Kier alpha value is -0.660. The highest BCUT2D eigenvalue weighted by molar-refractivity contribution is 14.1. The average molecular weight is 387 g/mol. The number of carbonyl (C=O) groups is 1. The van der Waals surface area contributed by atoms with Gasteiger partial charge in [-0.2, -0.15) is 0 Å². The standard InChI is InChI=1S/C15H22IN3O/c1-2-11-9-19(7-6-14(11)17)10-15(20)18-13-5-3-4-12(16)8-13/h3-5,8,11,14H,2,6-7,9-10,17H2,1H3,(H,18,20). The van der Waals surface area contributed by atoms with Crippen molar-refractivity contribution in [1.29, 1.82) is 0 Å². The van der Waals surface area contributed by atoms with Gasteiger partial charge in [-0.3, -0.25) is 9.69 Å². The molecule has 3 N–H and O–H groups in total. The van der Waals surface area contributed by atoms with E-state index in [4.69, 9.17) is 5.73 Å². The maximum Gasteiger partial charge on any atom is 0.238 e. The summed E-state index contributed by atoms with van der Waals surface area (Å²) in [7, 11) is 0. The zero-order valence-corrected chi connectivity index (χ0v) is 14.0. The molecular formula is C15H22IN3O. The van der Waals surface area contributed by atoms with Crippen LogP contribution in [-0.4, -0.2) is 36.5 Å². The van der Waals surface area contributed by atoms with Gasteiger partial charge < -0.3 is 11.1 Å². The van der Waals surface area contributed by atoms with Gasteiger partial charge in [0.1, 0.15) is 0 Å². The zero-order valence-electron chi connectivity index (χ0n) is 11.8. The van der Waals surface area contributed by atoms with Gasteiger partial charge in [0.2, 0.25) is 5.91 Å². The Morgan fingerprint density at radius 3 is 3.05 bits per heavy atom. The number of nitrogens with zero attached hydrogens (tertiary/aromatic N) is 1. The first-order valence-electron chi connectivity index (χ1n) is 7.12. The lowest BCUT2D eigenvalue weighted by molar-refractivity contribution is -0.117. The summed E-state index contributed by atoms with van der Waals surface area (Å²) in [6.07, 6.45) is 2.06. The van der Waals surface area contributed by atoms with Crippen molar-refractivity contribution in [3.05, 3.63) is 27.8 Å². The molecule has 1 amide bonds. The Labute approximate surface area is 134 Å². The molecule has 110 valence electrons. The number of benzene rings is 1. The van der Waals surface area contributed by atoms with Crippen LogP contribution in [0.1, 0.15) is 19.8 Å². The van der Waals surface area contributed by atoms with Crippen molar-refractivity contribution >= 4 is 34.2 Å². The number of amides is 1. The van der Waals surface area contributed by atoms with Crippen molar-refractivity contribution in [2.45, 2.75) is 25.8 Å². The molecule has 2 unspecified atom stereocenters. The minimum absolute atomic E-state index is 0.0531. The molecule has 1 heterocycles. The molecule has 2 rings (SSSR count). The molecule has 1 saturated heterocycles. The number of carbonyl (C=O) groups excluding carboxylic acids is 1. The van der Waals surface area contributed by atoms with Gasteiger partial charge in [-0.25, -0.2) is 0 Å². The fraction of sp³-hybridized carbons (Fsp3) is 0.533. The summed E-state index contributed by atoms with van der Waals surface area (Å²) in [5, 5.41) is 2.96. The second kappa shape index (κ2) is 7.38. The molecule has 0 spiro atoms. The van der Waals surface area contributed by atoms with Gasteiger partial charge in [0, 0.05) is 28.4 Å². The van der Waals surface area contributed by atoms with Crippen molar-refractivity contribution < 1.29 is 4.79 Å². The maximum atomic E-state index is 12.1. The minimum atomic E-state index is 0.0531. The van der Waals surface area contributed by atoms with Crippen LogP contribution in [0.3, 0.4) is 0 Å². The molecule has 0 aromatic heterocycles. The van der Waals surface area contributed by atoms with E-state index in [1.165, 1.54) is 0 Å². The topological polar surface area (TPSA) is 58.4 Å². The molecule has 20 heavy (non-hydrogen) atoms. The molecular weight excluding hydrogens is 365 g/mol. The summed E-state index contributed by atoms with van der Waals surface area (Å²) in [5.41, 5.74) is 6.96. The van der Waals surface area contributed by atoms with E-state index in [1.54, 1.807) is 0 Å². The zero-order chi connectivity index (χ0) is 14.5. The molecule has 2 atom stereocenters. The molecule has 0 aliphatic carbocycles. The highest BCUT2D eigenvalue weighted by Gasteiger charge is 2.26. The molecule has 4 nitrogen and oxygen atoms in total. The Bertz CT molecular complexity index is 466. The highest BCUT2D eigenvalue weighted by Crippen LogP contribution is 2.18. The lowest BCUT2D eigenvalue weighted by Crippen LogP contribution is -2.48. The number of nitrogens with one attached hydrogen (secondary N) is 1. The van der Waals surface area contributed by atoms with E-state index in [-0.39, 0.29) is 11.9 Å². The normalized spacial score (nSPS) is 23.6. The average Bonchev–Trinajstić information content (AvgIpc) is 2.41. The van der Waals surface area contributed by atoms with Gasteiger partial charge in [-0.1, -0.05) is 19.4 Å². The monoisotopic (exact) mass is 387 g/mol. The number of piperidine rings is 1. The molecule has 1 fully saturated rings. The SMILES string of the molecule is CCC1CN(CC(=O)Nc2cccc(I)c2)CCC1N. The van der Waals surface area contributed by atoms with Crippen LogP contribution in [0.5, 0.6) is 0 Å². The van der Waals surface area contributed by atoms with Gasteiger partial charge in [0.05, 0.1) is 6.54 Å². The summed E-state index contributed by atoms with van der Waals surface area (Å²) in [5.74, 6) is 0.562. The fourth-order valence-corrected chi connectivity index (χ4v) is 3.21. The summed E-state index contributed by atoms with van der Waals surface area (Å²) in [6, 6.07) is 8.13.